The molecule has 0 aliphatic heterocycles. The first-order chi connectivity index (χ1) is 6.93. The molecule has 0 aromatic carbocycles. The fourth-order valence-corrected chi connectivity index (χ4v) is 0. The SMILES string of the molecule is O=S([O-])[O-].O=S([O-])[O-].O=S([O-])[O-].O=S([O-])[O-].[Na+].[Na+].[Na+].[Na+].[Na+].[Na+].[Pt+2]. The summed E-state index contributed by atoms with van der Waals surface area (Å²) in [6.45, 7) is 0. The van der Waals surface area contributed by atoms with Crippen LogP contribution in [-0.2, 0) is 66.5 Å². The molecule has 0 aromatic rings. The summed E-state index contributed by atoms with van der Waals surface area (Å²) in [4.78, 5) is 0. The molecule has 0 spiro atoms. The second-order valence-electron chi connectivity index (χ2n) is 0.816. The molecule has 0 rings (SSSR count). The normalized spacial score (nSPS) is 6.09. The zero-order valence-corrected chi connectivity index (χ0v) is 30.4. The van der Waals surface area contributed by atoms with Crippen molar-refractivity contribution in [1.29, 1.82) is 0 Å². The van der Waals surface area contributed by atoms with Crippen LogP contribution in [0.25, 0.3) is 0 Å². The van der Waals surface area contributed by atoms with Gasteiger partial charge in [-0.05, 0) is 0 Å². The minimum absolute atomic E-state index is 0. The van der Waals surface area contributed by atoms with Crippen molar-refractivity contribution in [2.75, 3.05) is 0 Å². The van der Waals surface area contributed by atoms with Gasteiger partial charge in [0, 0.05) is 0 Å². The first kappa shape index (κ1) is 69.9. The second kappa shape index (κ2) is 63.0. The van der Waals surface area contributed by atoms with Crippen LogP contribution >= 0.6 is 0 Å². The number of hydrogen-bond donors (Lipinski definition) is 0. The van der Waals surface area contributed by atoms with Crippen LogP contribution in [0, 0.1) is 0 Å². The van der Waals surface area contributed by atoms with Crippen molar-refractivity contribution in [2.45, 2.75) is 0 Å². The summed E-state index contributed by atoms with van der Waals surface area (Å²) in [5, 5.41) is 0. The Bertz CT molecular complexity index is 178. The van der Waals surface area contributed by atoms with Gasteiger partial charge in [-0.2, -0.15) is 0 Å². The van der Waals surface area contributed by atoms with E-state index in [0.717, 1.165) is 0 Å². The molecular formula is Na6O12PtS4. The monoisotopic (exact) mass is 653 g/mol. The van der Waals surface area contributed by atoms with Crippen LogP contribution in [0.5, 0.6) is 0 Å². The van der Waals surface area contributed by atoms with Crippen molar-refractivity contribution in [3.05, 3.63) is 0 Å². The van der Waals surface area contributed by atoms with E-state index >= 15 is 0 Å². The molecule has 0 bridgehead atoms. The maximum absolute atomic E-state index is 8.44. The quantitative estimate of drug-likeness (QED) is 0.175. The van der Waals surface area contributed by atoms with E-state index in [1.54, 1.807) is 0 Å². The van der Waals surface area contributed by atoms with E-state index < -0.39 is 45.4 Å². The summed E-state index contributed by atoms with van der Waals surface area (Å²) in [5.74, 6) is 0. The first-order valence-corrected chi connectivity index (χ1v) is 6.00. The number of rotatable bonds is 0. The van der Waals surface area contributed by atoms with Gasteiger partial charge in [0.1, 0.15) is 0 Å². The zero-order valence-electron chi connectivity index (χ0n) is 12.8. The van der Waals surface area contributed by atoms with Gasteiger partial charge in [-0.15, -0.1) is 45.4 Å². The van der Waals surface area contributed by atoms with Crippen LogP contribution in [0.3, 0.4) is 0 Å². The van der Waals surface area contributed by atoms with Crippen LogP contribution in [0.4, 0.5) is 0 Å². The van der Waals surface area contributed by atoms with E-state index in [0.29, 0.717) is 0 Å². The average molecular weight is 653 g/mol. The molecule has 0 amide bonds. The molecule has 12 nitrogen and oxygen atoms in total. The first-order valence-electron chi connectivity index (χ1n) is 2.00. The van der Waals surface area contributed by atoms with E-state index in [2.05, 4.69) is 0 Å². The summed E-state index contributed by atoms with van der Waals surface area (Å²) in [7, 11) is 0. The van der Waals surface area contributed by atoms with Crippen molar-refractivity contribution < 1.29 is 252 Å². The van der Waals surface area contributed by atoms with Crippen LogP contribution in [0.2, 0.25) is 0 Å². The minimum Gasteiger partial charge on any atom is -0.784 e. The van der Waals surface area contributed by atoms with E-state index in [1.807, 2.05) is 0 Å². The second-order valence-corrected chi connectivity index (χ2v) is 2.45. The fourth-order valence-electron chi connectivity index (χ4n) is 0. The fraction of sp³-hybridized carbons (Fsp3) is 0. The molecule has 0 unspecified atom stereocenters. The summed E-state index contributed by atoms with van der Waals surface area (Å²) >= 11 is -12.4. The minimum atomic E-state index is -3.11. The molecule has 0 saturated carbocycles. The van der Waals surface area contributed by atoms with Gasteiger partial charge < -0.3 is 36.4 Å². The molecule has 0 N–H and O–H groups in total. The van der Waals surface area contributed by atoms with Gasteiger partial charge in [0.2, 0.25) is 0 Å². The zero-order chi connectivity index (χ0) is 14.3. The van der Waals surface area contributed by atoms with Crippen molar-refractivity contribution in [2.24, 2.45) is 0 Å². The molecule has 0 radical (unpaired) electrons. The topological polar surface area (TPSA) is 253 Å². The third-order valence-electron chi connectivity index (χ3n) is 0. The van der Waals surface area contributed by atoms with Gasteiger partial charge in [0.25, 0.3) is 0 Å². The average Bonchev–Trinajstić information content (AvgIpc) is 1.76. The number of hydrogen-bond acceptors (Lipinski definition) is 12. The van der Waals surface area contributed by atoms with E-state index in [9.17, 15) is 0 Å². The summed E-state index contributed by atoms with van der Waals surface area (Å²) < 4.78 is 101. The predicted molar refractivity (Wildman–Crippen MR) is 38.8 cm³/mol. The van der Waals surface area contributed by atoms with E-state index in [1.165, 1.54) is 0 Å². The molecule has 23 heteroatoms. The van der Waals surface area contributed by atoms with E-state index in [4.69, 9.17) is 53.3 Å². The smallest absolute Gasteiger partial charge is 0.784 e. The molecule has 23 heavy (non-hydrogen) atoms. The van der Waals surface area contributed by atoms with Gasteiger partial charge in [0.05, 0.1) is 0 Å². The summed E-state index contributed by atoms with van der Waals surface area (Å²) in [5.41, 5.74) is 0. The Morgan fingerprint density at radius 3 is 0.348 bits per heavy atom. The molecular weight excluding hydrogens is 653 g/mol. The Labute approximate surface area is 290 Å². The molecule has 0 fully saturated rings. The molecule has 0 aromatic heterocycles. The molecule has 0 aliphatic rings. The molecule has 0 atom stereocenters. The molecule has 112 valence electrons. The standard InChI is InChI=1S/6Na.4H2O3S.Pt/c;;;;;;4*1-4(2)3;/h;;;;;;4*(H2,1,2,3);/q6*+1;;;;;+2/p-8. The van der Waals surface area contributed by atoms with Gasteiger partial charge in [-0.1, -0.05) is 0 Å². The maximum Gasteiger partial charge on any atom is 2.00 e. The van der Waals surface area contributed by atoms with Crippen LogP contribution in [0.15, 0.2) is 0 Å². The van der Waals surface area contributed by atoms with E-state index in [-0.39, 0.29) is 198 Å². The van der Waals surface area contributed by atoms with Gasteiger partial charge in [-0.25, -0.2) is 0 Å². The predicted octanol–water partition coefficient (Wildman–Crippen LogP) is -22.0. The Kier molecular flexibility index (Phi) is 191. The largest absolute Gasteiger partial charge is 2.00 e. The Hall–Kier alpha value is 6.97. The summed E-state index contributed by atoms with van der Waals surface area (Å²) in [6.07, 6.45) is 0. The van der Waals surface area contributed by atoms with Crippen LogP contribution < -0.4 is 177 Å². The molecule has 0 aliphatic carbocycles. The van der Waals surface area contributed by atoms with Crippen molar-refractivity contribution >= 4 is 45.4 Å². The summed E-state index contributed by atoms with van der Waals surface area (Å²) in [6, 6.07) is 0. The van der Waals surface area contributed by atoms with Gasteiger partial charge in [0.15, 0.2) is 0 Å². The maximum atomic E-state index is 8.44. The Morgan fingerprint density at radius 1 is 0.348 bits per heavy atom. The Morgan fingerprint density at radius 2 is 0.348 bits per heavy atom. The van der Waals surface area contributed by atoms with Crippen molar-refractivity contribution in [3.63, 3.8) is 0 Å². The molecule has 0 heterocycles. The van der Waals surface area contributed by atoms with Crippen molar-refractivity contribution in [1.82, 2.24) is 0 Å². The Balaban J connectivity index is -0.00000000842. The van der Waals surface area contributed by atoms with Gasteiger partial charge >= 0.3 is 198 Å². The van der Waals surface area contributed by atoms with Crippen LogP contribution in [0.1, 0.15) is 0 Å². The third-order valence-corrected chi connectivity index (χ3v) is 0. The van der Waals surface area contributed by atoms with Crippen LogP contribution in [-0.4, -0.2) is 53.3 Å². The molecule has 0 saturated heterocycles. The third kappa shape index (κ3) is 434. The van der Waals surface area contributed by atoms with Gasteiger partial charge in [-0.3, -0.25) is 16.8 Å². The van der Waals surface area contributed by atoms with Crippen molar-refractivity contribution in [3.8, 4) is 0 Å².